The summed E-state index contributed by atoms with van der Waals surface area (Å²) in [7, 11) is 5.81. The van der Waals surface area contributed by atoms with Crippen molar-refractivity contribution >= 4 is 16.7 Å². The van der Waals surface area contributed by atoms with Crippen LogP contribution < -0.4 is 10.1 Å². The first-order chi connectivity index (χ1) is 18.5. The third kappa shape index (κ3) is 5.95. The van der Waals surface area contributed by atoms with Gasteiger partial charge in [-0.25, -0.2) is 4.39 Å². The molecule has 8 heteroatoms. The molecule has 0 spiro atoms. The summed E-state index contributed by atoms with van der Waals surface area (Å²) >= 11 is 0. The van der Waals surface area contributed by atoms with Gasteiger partial charge in [-0.05, 0) is 95.7 Å². The lowest BCUT2D eigenvalue weighted by Gasteiger charge is -2.32. The fraction of sp³-hybridized carbons (Fsp3) is 0.533. The molecule has 0 bridgehead atoms. The van der Waals surface area contributed by atoms with Gasteiger partial charge in [-0.3, -0.25) is 4.90 Å². The predicted octanol–water partition coefficient (Wildman–Crippen LogP) is 5.58. The van der Waals surface area contributed by atoms with Crippen LogP contribution in [0.15, 0.2) is 28.8 Å². The molecular formula is C30H38FN5O2. The van der Waals surface area contributed by atoms with Crippen molar-refractivity contribution in [3.8, 4) is 11.8 Å². The quantitative estimate of drug-likeness (QED) is 0.355. The van der Waals surface area contributed by atoms with Crippen molar-refractivity contribution in [2.75, 3.05) is 46.2 Å². The first kappa shape index (κ1) is 26.5. The molecule has 0 unspecified atom stereocenters. The van der Waals surface area contributed by atoms with Crippen LogP contribution in [-0.4, -0.2) is 55.8 Å². The average molecular weight is 520 g/mol. The van der Waals surface area contributed by atoms with Crippen LogP contribution >= 0.6 is 0 Å². The largest absolute Gasteiger partial charge is 0.493 e. The van der Waals surface area contributed by atoms with E-state index in [1.807, 2.05) is 6.07 Å². The van der Waals surface area contributed by atoms with Crippen molar-refractivity contribution in [3.63, 3.8) is 0 Å². The zero-order chi connectivity index (χ0) is 26.6. The van der Waals surface area contributed by atoms with Gasteiger partial charge in [0.15, 0.2) is 5.58 Å². The Labute approximate surface area is 224 Å². The van der Waals surface area contributed by atoms with Gasteiger partial charge in [0.2, 0.25) is 0 Å². The van der Waals surface area contributed by atoms with Crippen LogP contribution in [0.1, 0.15) is 54.5 Å². The second-order valence-corrected chi connectivity index (χ2v) is 11.1. The SMILES string of the molecule is CNc1ccc(CN2CCC(CCc3noc4c(CN(C)C)c(OCC5CC5)ccc34)CC2)c(F)c1C#N. The van der Waals surface area contributed by atoms with Gasteiger partial charge in [0.1, 0.15) is 23.2 Å². The summed E-state index contributed by atoms with van der Waals surface area (Å²) in [5.41, 5.74) is 4.15. The van der Waals surface area contributed by atoms with Crippen LogP contribution in [0.4, 0.5) is 10.1 Å². The van der Waals surface area contributed by atoms with Gasteiger partial charge in [-0.1, -0.05) is 11.2 Å². The van der Waals surface area contributed by atoms with Gasteiger partial charge in [0.05, 0.1) is 23.6 Å². The maximum atomic E-state index is 14.8. The van der Waals surface area contributed by atoms with Crippen molar-refractivity contribution < 1.29 is 13.7 Å². The normalized spacial score (nSPS) is 16.7. The van der Waals surface area contributed by atoms with E-state index in [0.29, 0.717) is 29.6 Å². The lowest BCUT2D eigenvalue weighted by Crippen LogP contribution is -2.33. The standard InChI is InChI=1S/C30H38FN5O2/c1-33-26-10-7-22(29(31)24(26)16-32)17-36-14-12-20(13-15-36)6-9-27-23-8-11-28(37-19-21-4-5-21)25(18-35(2)3)30(23)38-34-27/h7-8,10-11,20-21,33H,4-6,9,12-15,17-19H2,1-3H3. The molecule has 0 amide bonds. The highest BCUT2D eigenvalue weighted by Crippen LogP contribution is 2.35. The number of hydrogen-bond donors (Lipinski definition) is 1. The van der Waals surface area contributed by atoms with Gasteiger partial charge in [-0.15, -0.1) is 0 Å². The number of benzene rings is 2. The Bertz CT molecular complexity index is 1300. The molecule has 2 aliphatic rings. The second-order valence-electron chi connectivity index (χ2n) is 11.1. The molecule has 0 radical (unpaired) electrons. The number of likely N-dealkylation sites (tertiary alicyclic amines) is 1. The van der Waals surface area contributed by atoms with Crippen molar-refractivity contribution in [2.24, 2.45) is 11.8 Å². The van der Waals surface area contributed by atoms with Gasteiger partial charge in [0, 0.05) is 31.1 Å². The zero-order valence-corrected chi connectivity index (χ0v) is 22.7. The van der Waals surface area contributed by atoms with Crippen molar-refractivity contribution in [3.05, 3.63) is 52.5 Å². The summed E-state index contributed by atoms with van der Waals surface area (Å²) in [6.45, 7) is 3.91. The number of nitriles is 1. The van der Waals surface area contributed by atoms with Crippen LogP contribution in [0.25, 0.3) is 11.0 Å². The number of aryl methyl sites for hydroxylation is 1. The summed E-state index contributed by atoms with van der Waals surface area (Å²) in [6.07, 6.45) is 6.61. The second kappa shape index (κ2) is 11.7. The molecule has 0 atom stereocenters. The number of halogens is 1. The van der Waals surface area contributed by atoms with Gasteiger partial charge >= 0.3 is 0 Å². The molecule has 38 heavy (non-hydrogen) atoms. The molecule has 3 aromatic rings. The minimum absolute atomic E-state index is 0.0926. The molecule has 1 aromatic heterocycles. The average Bonchev–Trinajstić information content (AvgIpc) is 3.66. The first-order valence-corrected chi connectivity index (χ1v) is 13.8. The van der Waals surface area contributed by atoms with E-state index >= 15 is 0 Å². The Kier molecular flexibility index (Phi) is 8.15. The third-order valence-electron chi connectivity index (χ3n) is 7.91. The lowest BCUT2D eigenvalue weighted by molar-refractivity contribution is 0.170. The molecule has 1 saturated heterocycles. The van der Waals surface area contributed by atoms with Gasteiger partial charge in [0.25, 0.3) is 0 Å². The van der Waals surface area contributed by atoms with E-state index in [4.69, 9.17) is 9.26 Å². The van der Waals surface area contributed by atoms with Crippen molar-refractivity contribution in [2.45, 2.75) is 51.6 Å². The summed E-state index contributed by atoms with van der Waals surface area (Å²) in [4.78, 5) is 4.42. The molecule has 1 N–H and O–H groups in total. The number of aromatic nitrogens is 1. The van der Waals surface area contributed by atoms with Crippen LogP contribution in [0.3, 0.4) is 0 Å². The van der Waals surface area contributed by atoms with E-state index in [1.54, 1.807) is 19.2 Å². The van der Waals surface area contributed by atoms with Crippen LogP contribution in [0.5, 0.6) is 5.75 Å². The summed E-state index contributed by atoms with van der Waals surface area (Å²) < 4.78 is 26.9. The highest BCUT2D eigenvalue weighted by atomic mass is 19.1. The molecule has 2 heterocycles. The summed E-state index contributed by atoms with van der Waals surface area (Å²) in [5, 5.41) is 17.8. The highest BCUT2D eigenvalue weighted by molar-refractivity contribution is 5.84. The van der Waals surface area contributed by atoms with Crippen molar-refractivity contribution in [1.29, 1.82) is 5.26 Å². The monoisotopic (exact) mass is 519 g/mol. The molecule has 202 valence electrons. The van der Waals surface area contributed by atoms with Crippen LogP contribution in [0, 0.1) is 29.0 Å². The van der Waals surface area contributed by atoms with Crippen molar-refractivity contribution in [1.82, 2.24) is 15.0 Å². The fourth-order valence-electron chi connectivity index (χ4n) is 5.44. The highest BCUT2D eigenvalue weighted by Gasteiger charge is 2.25. The number of nitrogens with zero attached hydrogens (tertiary/aromatic N) is 4. The Hall–Kier alpha value is -3.15. The van der Waals surface area contributed by atoms with E-state index < -0.39 is 5.82 Å². The molecule has 5 rings (SSSR count). The molecule has 2 fully saturated rings. The van der Waals surface area contributed by atoms with Crippen LogP contribution in [-0.2, 0) is 19.5 Å². The number of piperidine rings is 1. The minimum Gasteiger partial charge on any atom is -0.493 e. The lowest BCUT2D eigenvalue weighted by atomic mass is 9.90. The summed E-state index contributed by atoms with van der Waals surface area (Å²) in [6, 6.07) is 9.76. The van der Waals surface area contributed by atoms with E-state index in [1.165, 1.54) is 12.8 Å². The molecule has 1 saturated carbocycles. The molecule has 1 aliphatic heterocycles. The number of rotatable bonds is 11. The topological polar surface area (TPSA) is 77.6 Å². The van der Waals surface area contributed by atoms with E-state index in [9.17, 15) is 9.65 Å². The molecule has 1 aliphatic carbocycles. The Morgan fingerprint density at radius 3 is 2.63 bits per heavy atom. The number of nitrogens with one attached hydrogen (secondary N) is 1. The maximum Gasteiger partial charge on any atom is 0.175 e. The third-order valence-corrected chi connectivity index (χ3v) is 7.91. The molecular weight excluding hydrogens is 481 g/mol. The van der Waals surface area contributed by atoms with Crippen LogP contribution in [0.2, 0.25) is 0 Å². The minimum atomic E-state index is -0.408. The van der Waals surface area contributed by atoms with Gasteiger partial charge < -0.3 is 19.5 Å². The predicted molar refractivity (Wildman–Crippen MR) is 147 cm³/mol. The number of fused-ring (bicyclic) bond motifs is 1. The van der Waals surface area contributed by atoms with E-state index in [-0.39, 0.29) is 5.56 Å². The molecule has 2 aromatic carbocycles. The maximum absolute atomic E-state index is 14.8. The number of anilines is 1. The number of ether oxygens (including phenoxy) is 1. The molecule has 7 nitrogen and oxygen atoms in total. The Morgan fingerprint density at radius 2 is 1.95 bits per heavy atom. The van der Waals surface area contributed by atoms with E-state index in [0.717, 1.165) is 79.9 Å². The number of hydrogen-bond acceptors (Lipinski definition) is 7. The fourth-order valence-corrected chi connectivity index (χ4v) is 5.44. The van der Waals surface area contributed by atoms with E-state index in [2.05, 4.69) is 46.5 Å². The summed E-state index contributed by atoms with van der Waals surface area (Å²) in [5.74, 6) is 1.80. The smallest absolute Gasteiger partial charge is 0.175 e. The zero-order valence-electron chi connectivity index (χ0n) is 22.7. The Morgan fingerprint density at radius 1 is 1.16 bits per heavy atom. The Balaban J connectivity index is 1.18. The first-order valence-electron chi connectivity index (χ1n) is 13.8. The van der Waals surface area contributed by atoms with Gasteiger partial charge in [-0.2, -0.15) is 5.26 Å².